The monoisotopic (exact) mass is 211 g/mol. The molecule has 1 atom stereocenters. The van der Waals surface area contributed by atoms with Crippen LogP contribution < -0.4 is 17.0 Å². The van der Waals surface area contributed by atoms with Crippen LogP contribution >= 0.6 is 0 Å². The molecule has 1 aromatic heterocycles. The number of nitrogens with two attached hydrogens (primary N) is 1. The molecule has 0 aromatic carbocycles. The van der Waals surface area contributed by atoms with Crippen molar-refractivity contribution in [1.82, 2.24) is 9.55 Å². The third kappa shape index (κ3) is 2.49. The van der Waals surface area contributed by atoms with Gasteiger partial charge < -0.3 is 5.73 Å². The van der Waals surface area contributed by atoms with Gasteiger partial charge in [0.25, 0.3) is 5.56 Å². The van der Waals surface area contributed by atoms with Crippen LogP contribution in [0.3, 0.4) is 0 Å². The lowest BCUT2D eigenvalue weighted by Gasteiger charge is -2.18. The third-order valence-corrected chi connectivity index (χ3v) is 2.46. The van der Waals surface area contributed by atoms with Crippen LogP contribution in [0.1, 0.15) is 39.2 Å². The fourth-order valence-corrected chi connectivity index (χ4v) is 1.75. The number of aromatic nitrogens is 2. The maximum Gasteiger partial charge on any atom is 0.330 e. The second-order valence-corrected chi connectivity index (χ2v) is 3.58. The minimum atomic E-state index is -0.444. The molecule has 0 amide bonds. The van der Waals surface area contributed by atoms with Crippen LogP contribution in [0, 0.1) is 0 Å². The summed E-state index contributed by atoms with van der Waals surface area (Å²) in [6.45, 7) is 4.05. The Hall–Kier alpha value is -1.52. The zero-order valence-corrected chi connectivity index (χ0v) is 9.12. The van der Waals surface area contributed by atoms with Gasteiger partial charge in [-0.2, -0.15) is 0 Å². The summed E-state index contributed by atoms with van der Waals surface area (Å²) in [5.41, 5.74) is 4.81. The topological polar surface area (TPSA) is 80.9 Å². The van der Waals surface area contributed by atoms with Gasteiger partial charge in [0.2, 0.25) is 0 Å². The van der Waals surface area contributed by atoms with Gasteiger partial charge in [-0.05, 0) is 12.8 Å². The molecule has 84 valence electrons. The van der Waals surface area contributed by atoms with E-state index in [-0.39, 0.29) is 11.9 Å². The smallest absolute Gasteiger partial charge is 0.330 e. The number of nitrogens with zero attached hydrogens (tertiary/aromatic N) is 1. The number of hydrogen-bond acceptors (Lipinski definition) is 3. The van der Waals surface area contributed by atoms with Crippen LogP contribution in [0.15, 0.2) is 15.7 Å². The molecule has 0 saturated carbocycles. The summed E-state index contributed by atoms with van der Waals surface area (Å²) in [6, 6.07) is 1.32. The highest BCUT2D eigenvalue weighted by molar-refractivity contribution is 5.26. The maximum atomic E-state index is 11.6. The number of H-pyrrole nitrogens is 1. The van der Waals surface area contributed by atoms with E-state index in [0.29, 0.717) is 0 Å². The average molecular weight is 211 g/mol. The molecular formula is C10H17N3O2. The molecule has 0 radical (unpaired) electrons. The van der Waals surface area contributed by atoms with E-state index < -0.39 is 11.2 Å². The van der Waals surface area contributed by atoms with Gasteiger partial charge in [-0.3, -0.25) is 14.3 Å². The van der Waals surface area contributed by atoms with E-state index in [4.69, 9.17) is 5.73 Å². The molecule has 0 aliphatic rings. The van der Waals surface area contributed by atoms with Crippen molar-refractivity contribution in [2.45, 2.75) is 39.2 Å². The maximum absolute atomic E-state index is 11.6. The molecule has 0 spiro atoms. The van der Waals surface area contributed by atoms with Gasteiger partial charge in [-0.15, -0.1) is 0 Å². The van der Waals surface area contributed by atoms with Crippen molar-refractivity contribution < 1.29 is 0 Å². The molecule has 1 aromatic rings. The van der Waals surface area contributed by atoms with E-state index >= 15 is 0 Å². The first-order valence-corrected chi connectivity index (χ1v) is 5.21. The van der Waals surface area contributed by atoms with Gasteiger partial charge in [-0.1, -0.05) is 20.3 Å². The van der Waals surface area contributed by atoms with Crippen LogP contribution in [0.2, 0.25) is 0 Å². The van der Waals surface area contributed by atoms with Crippen molar-refractivity contribution >= 4 is 5.82 Å². The quantitative estimate of drug-likeness (QED) is 0.775. The minimum Gasteiger partial charge on any atom is -0.385 e. The Labute approximate surface area is 87.9 Å². The molecule has 1 heterocycles. The second kappa shape index (κ2) is 4.82. The summed E-state index contributed by atoms with van der Waals surface area (Å²) in [6.07, 6.45) is 2.68. The lowest BCUT2D eigenvalue weighted by Crippen LogP contribution is -2.33. The number of aromatic amines is 1. The Morgan fingerprint density at radius 1 is 1.47 bits per heavy atom. The number of nitrogen functional groups attached to an aromatic ring is 1. The van der Waals surface area contributed by atoms with Crippen molar-refractivity contribution in [2.75, 3.05) is 5.73 Å². The van der Waals surface area contributed by atoms with Crippen LogP contribution in [0.4, 0.5) is 5.82 Å². The zero-order chi connectivity index (χ0) is 11.4. The fourth-order valence-electron chi connectivity index (χ4n) is 1.75. The number of rotatable bonds is 4. The lowest BCUT2D eigenvalue weighted by atomic mass is 10.1. The molecule has 0 fully saturated rings. The van der Waals surface area contributed by atoms with Gasteiger partial charge >= 0.3 is 5.69 Å². The summed E-state index contributed by atoms with van der Waals surface area (Å²) >= 11 is 0. The molecule has 1 unspecified atom stereocenters. The summed E-state index contributed by atoms with van der Waals surface area (Å²) < 4.78 is 1.46. The molecule has 0 saturated heterocycles. The van der Waals surface area contributed by atoms with E-state index in [0.717, 1.165) is 19.3 Å². The molecule has 15 heavy (non-hydrogen) atoms. The van der Waals surface area contributed by atoms with Gasteiger partial charge in [0.05, 0.1) is 0 Å². The predicted octanol–water partition coefficient (Wildman–Crippen LogP) is 0.870. The largest absolute Gasteiger partial charge is 0.385 e. The Balaban J connectivity index is 3.23. The fraction of sp³-hybridized carbons (Fsp3) is 0.600. The standard InChI is InChI=1S/C10H17N3O2/c1-3-5-7(4-2)13-8(11)6-9(14)12-10(13)15/h6-7H,3-5,11H2,1-2H3,(H,12,14,15). The molecular weight excluding hydrogens is 194 g/mol. The molecule has 0 aliphatic heterocycles. The molecule has 0 bridgehead atoms. The Kier molecular flexibility index (Phi) is 3.71. The van der Waals surface area contributed by atoms with Crippen molar-refractivity contribution in [3.63, 3.8) is 0 Å². The van der Waals surface area contributed by atoms with E-state index in [1.165, 1.54) is 10.6 Å². The SMILES string of the molecule is CCCC(CC)n1c(N)cc(=O)[nH]c1=O. The Morgan fingerprint density at radius 2 is 2.13 bits per heavy atom. The molecule has 5 heteroatoms. The van der Waals surface area contributed by atoms with Gasteiger partial charge in [-0.25, -0.2) is 4.79 Å². The van der Waals surface area contributed by atoms with Crippen molar-refractivity contribution in [3.8, 4) is 0 Å². The Bertz CT molecular complexity index is 433. The van der Waals surface area contributed by atoms with Gasteiger partial charge in [0, 0.05) is 12.1 Å². The highest BCUT2D eigenvalue weighted by atomic mass is 16.2. The summed E-state index contributed by atoms with van der Waals surface area (Å²) in [7, 11) is 0. The zero-order valence-electron chi connectivity index (χ0n) is 9.12. The van der Waals surface area contributed by atoms with E-state index in [9.17, 15) is 9.59 Å². The van der Waals surface area contributed by atoms with Crippen LogP contribution in [0.25, 0.3) is 0 Å². The van der Waals surface area contributed by atoms with Gasteiger partial charge in [0.15, 0.2) is 0 Å². The number of anilines is 1. The molecule has 5 nitrogen and oxygen atoms in total. The summed E-state index contributed by atoms with van der Waals surface area (Å²) in [4.78, 5) is 24.8. The first kappa shape index (κ1) is 11.6. The van der Waals surface area contributed by atoms with Crippen molar-refractivity contribution in [3.05, 3.63) is 26.9 Å². The average Bonchev–Trinajstić information content (AvgIpc) is 2.14. The normalized spacial score (nSPS) is 12.7. The summed E-state index contributed by atoms with van der Waals surface area (Å²) in [5.74, 6) is 0.240. The predicted molar refractivity (Wildman–Crippen MR) is 60.0 cm³/mol. The summed E-state index contributed by atoms with van der Waals surface area (Å²) in [5, 5.41) is 0. The molecule has 0 aliphatic carbocycles. The lowest BCUT2D eigenvalue weighted by molar-refractivity contribution is 0.434. The van der Waals surface area contributed by atoms with Crippen molar-refractivity contribution in [2.24, 2.45) is 0 Å². The van der Waals surface area contributed by atoms with Crippen molar-refractivity contribution in [1.29, 1.82) is 0 Å². The Morgan fingerprint density at radius 3 is 2.60 bits per heavy atom. The third-order valence-electron chi connectivity index (χ3n) is 2.46. The molecule has 1 rings (SSSR count). The number of nitrogens with one attached hydrogen (secondary N) is 1. The van der Waals surface area contributed by atoms with E-state index in [1.54, 1.807) is 0 Å². The van der Waals surface area contributed by atoms with Gasteiger partial charge in [0.1, 0.15) is 5.82 Å². The highest BCUT2D eigenvalue weighted by Gasteiger charge is 2.12. The second-order valence-electron chi connectivity index (χ2n) is 3.58. The van der Waals surface area contributed by atoms with Crippen LogP contribution in [0.5, 0.6) is 0 Å². The first-order chi connectivity index (χ1) is 7.10. The number of hydrogen-bond donors (Lipinski definition) is 2. The van der Waals surface area contributed by atoms with Crippen LogP contribution in [-0.4, -0.2) is 9.55 Å². The highest BCUT2D eigenvalue weighted by Crippen LogP contribution is 2.17. The van der Waals surface area contributed by atoms with Crippen LogP contribution in [-0.2, 0) is 0 Å². The molecule has 3 N–H and O–H groups in total. The van der Waals surface area contributed by atoms with E-state index in [2.05, 4.69) is 11.9 Å². The first-order valence-electron chi connectivity index (χ1n) is 5.21. The van der Waals surface area contributed by atoms with E-state index in [1.807, 2.05) is 6.92 Å². The minimum absolute atomic E-state index is 0.0688.